The van der Waals surface area contributed by atoms with E-state index in [4.69, 9.17) is 20.3 Å². The van der Waals surface area contributed by atoms with Gasteiger partial charge in [0.1, 0.15) is 11.6 Å². The average Bonchev–Trinajstić information content (AvgIpc) is 2.74. The van der Waals surface area contributed by atoms with Crippen LogP contribution in [0.3, 0.4) is 0 Å². The molecule has 31 heavy (non-hydrogen) atoms. The molecule has 2 N–H and O–H groups in total. The number of halogens is 2. The number of nitrogens with one attached hydrogen (secondary N) is 2. The summed E-state index contributed by atoms with van der Waals surface area (Å²) in [7, 11) is 1.33. The molecule has 3 rings (SSSR count). The number of rotatable bonds is 4. The van der Waals surface area contributed by atoms with Gasteiger partial charge in [0.15, 0.2) is 0 Å². The fourth-order valence-electron chi connectivity index (χ4n) is 4.52. The number of methoxy groups -OCH3 is 1. The SMILES string of the molecule is COC(=O)N1CCO[C@H](C2CCC(C(C)C)/C(=C/C(=N)c3c(F)cccc3F)C2=N)C1. The quantitative estimate of drug-likeness (QED) is 0.689. The van der Waals surface area contributed by atoms with Crippen LogP contribution in [0.5, 0.6) is 0 Å². The van der Waals surface area contributed by atoms with Gasteiger partial charge in [-0.3, -0.25) is 0 Å². The molecule has 2 unspecified atom stereocenters. The summed E-state index contributed by atoms with van der Waals surface area (Å²) in [4.78, 5) is 13.5. The van der Waals surface area contributed by atoms with E-state index in [1.165, 1.54) is 19.3 Å². The fraction of sp³-hybridized carbons (Fsp3) is 0.522. The number of nitrogens with zero attached hydrogens (tertiary/aromatic N) is 1. The van der Waals surface area contributed by atoms with Crippen molar-refractivity contribution in [2.24, 2.45) is 17.8 Å². The number of allylic oxidation sites excluding steroid dienone is 2. The summed E-state index contributed by atoms with van der Waals surface area (Å²) in [5.41, 5.74) is 0.237. The number of hydrogen-bond donors (Lipinski definition) is 2. The highest BCUT2D eigenvalue weighted by atomic mass is 19.1. The molecule has 1 aromatic carbocycles. The van der Waals surface area contributed by atoms with Gasteiger partial charge in [-0.2, -0.15) is 0 Å². The Balaban J connectivity index is 1.90. The van der Waals surface area contributed by atoms with E-state index in [-0.39, 0.29) is 29.6 Å². The molecule has 2 aliphatic rings. The Kier molecular flexibility index (Phi) is 7.20. The molecule has 0 bridgehead atoms. The van der Waals surface area contributed by atoms with E-state index in [1.54, 1.807) is 4.90 Å². The van der Waals surface area contributed by atoms with E-state index < -0.39 is 23.3 Å². The molecule has 0 spiro atoms. The van der Waals surface area contributed by atoms with Crippen molar-refractivity contribution < 1.29 is 23.0 Å². The molecule has 1 aliphatic heterocycles. The van der Waals surface area contributed by atoms with Crippen molar-refractivity contribution in [1.29, 1.82) is 10.8 Å². The van der Waals surface area contributed by atoms with E-state index in [1.807, 2.05) is 13.8 Å². The number of hydrogen-bond acceptors (Lipinski definition) is 5. The Morgan fingerprint density at radius 1 is 1.29 bits per heavy atom. The highest BCUT2D eigenvalue weighted by Crippen LogP contribution is 2.38. The van der Waals surface area contributed by atoms with Gasteiger partial charge in [0, 0.05) is 18.2 Å². The second-order valence-electron chi connectivity index (χ2n) is 8.38. The van der Waals surface area contributed by atoms with Crippen LogP contribution in [0.4, 0.5) is 13.6 Å². The van der Waals surface area contributed by atoms with Crippen LogP contribution < -0.4 is 0 Å². The topological polar surface area (TPSA) is 86.5 Å². The van der Waals surface area contributed by atoms with Crippen molar-refractivity contribution in [2.45, 2.75) is 32.8 Å². The standard InChI is InChI=1S/C23H29F2N3O3/c1-13(2)14-7-8-15(20-12-28(9-10-31-20)23(29)30-3)22(27)16(14)11-19(26)21-17(24)5-4-6-18(21)25/h4-6,11,13-15,20,26-27H,7-10,12H2,1-3H3/b16-11-,26-19?,27-22?/t14?,15?,20-/m0/s1. The third-order valence-corrected chi connectivity index (χ3v) is 6.18. The van der Waals surface area contributed by atoms with Crippen LogP contribution in [0.1, 0.15) is 32.3 Å². The summed E-state index contributed by atoms with van der Waals surface area (Å²) >= 11 is 0. The van der Waals surface area contributed by atoms with Crippen LogP contribution in [0, 0.1) is 40.2 Å². The zero-order valence-electron chi connectivity index (χ0n) is 18.1. The number of benzene rings is 1. The smallest absolute Gasteiger partial charge is 0.409 e. The molecule has 0 aromatic heterocycles. The van der Waals surface area contributed by atoms with Crippen molar-refractivity contribution in [1.82, 2.24) is 4.90 Å². The van der Waals surface area contributed by atoms with Crippen molar-refractivity contribution in [3.8, 4) is 0 Å². The van der Waals surface area contributed by atoms with Gasteiger partial charge in [0.25, 0.3) is 0 Å². The Morgan fingerprint density at radius 2 is 1.97 bits per heavy atom. The van der Waals surface area contributed by atoms with Crippen LogP contribution in [0.15, 0.2) is 29.8 Å². The monoisotopic (exact) mass is 433 g/mol. The molecule has 1 saturated heterocycles. The maximum atomic E-state index is 14.2. The van der Waals surface area contributed by atoms with Gasteiger partial charge in [-0.05, 0) is 48.5 Å². The molecule has 3 atom stereocenters. The largest absolute Gasteiger partial charge is 0.453 e. The van der Waals surface area contributed by atoms with E-state index in [0.717, 1.165) is 18.6 Å². The summed E-state index contributed by atoms with van der Waals surface area (Å²) in [6.07, 6.45) is 2.11. The summed E-state index contributed by atoms with van der Waals surface area (Å²) in [5, 5.41) is 17.2. The summed E-state index contributed by atoms with van der Waals surface area (Å²) in [5.74, 6) is -1.67. The molecule has 1 heterocycles. The van der Waals surface area contributed by atoms with Gasteiger partial charge in [0.05, 0.1) is 37.6 Å². The Morgan fingerprint density at radius 3 is 2.58 bits per heavy atom. The third-order valence-electron chi connectivity index (χ3n) is 6.18. The Labute approximate surface area is 181 Å². The number of carbonyl (C=O) groups excluding carboxylic acids is 1. The van der Waals surface area contributed by atoms with Gasteiger partial charge in [-0.25, -0.2) is 13.6 Å². The fourth-order valence-corrected chi connectivity index (χ4v) is 4.52. The molecule has 1 saturated carbocycles. The van der Waals surface area contributed by atoms with E-state index in [9.17, 15) is 13.6 Å². The third kappa shape index (κ3) is 4.84. The van der Waals surface area contributed by atoms with Gasteiger partial charge in [-0.1, -0.05) is 19.9 Å². The lowest BCUT2D eigenvalue weighted by Gasteiger charge is -2.41. The molecule has 1 amide bonds. The van der Waals surface area contributed by atoms with Crippen LogP contribution in [0.2, 0.25) is 0 Å². The number of amides is 1. The van der Waals surface area contributed by atoms with Crippen molar-refractivity contribution in [3.63, 3.8) is 0 Å². The highest BCUT2D eigenvalue weighted by molar-refractivity contribution is 6.13. The van der Waals surface area contributed by atoms with Crippen molar-refractivity contribution in [2.75, 3.05) is 26.8 Å². The maximum absolute atomic E-state index is 14.2. The Bertz CT molecular complexity index is 880. The van der Waals surface area contributed by atoms with Gasteiger partial charge in [-0.15, -0.1) is 0 Å². The first kappa shape index (κ1) is 23.1. The minimum absolute atomic E-state index is 0.000708. The number of ether oxygens (including phenoxy) is 2. The predicted octanol–water partition coefficient (Wildman–Crippen LogP) is 4.43. The van der Waals surface area contributed by atoms with Crippen molar-refractivity contribution in [3.05, 3.63) is 47.0 Å². The lowest BCUT2D eigenvalue weighted by Crippen LogP contribution is -2.51. The van der Waals surface area contributed by atoms with E-state index in [2.05, 4.69) is 0 Å². The van der Waals surface area contributed by atoms with E-state index in [0.29, 0.717) is 37.4 Å². The zero-order valence-corrected chi connectivity index (χ0v) is 18.1. The molecular formula is C23H29F2N3O3. The first-order valence-electron chi connectivity index (χ1n) is 10.5. The molecule has 1 aliphatic carbocycles. The Hall–Kier alpha value is -2.61. The normalized spacial score (nSPS) is 25.7. The van der Waals surface area contributed by atoms with Crippen LogP contribution in [-0.4, -0.2) is 55.3 Å². The molecule has 8 heteroatoms. The zero-order chi connectivity index (χ0) is 22.7. The molecule has 0 radical (unpaired) electrons. The maximum Gasteiger partial charge on any atom is 0.409 e. The molecular weight excluding hydrogens is 404 g/mol. The minimum atomic E-state index is -0.800. The first-order valence-corrected chi connectivity index (χ1v) is 10.5. The van der Waals surface area contributed by atoms with Gasteiger partial charge < -0.3 is 25.2 Å². The number of morpholine rings is 1. The van der Waals surface area contributed by atoms with Crippen LogP contribution in [0.25, 0.3) is 0 Å². The lowest BCUT2D eigenvalue weighted by molar-refractivity contribution is -0.0429. The predicted molar refractivity (Wildman–Crippen MR) is 114 cm³/mol. The molecule has 6 nitrogen and oxygen atoms in total. The van der Waals surface area contributed by atoms with Gasteiger partial charge >= 0.3 is 6.09 Å². The summed E-state index contributed by atoms with van der Waals surface area (Å²) in [6.45, 7) is 5.17. The van der Waals surface area contributed by atoms with Crippen molar-refractivity contribution >= 4 is 17.5 Å². The molecule has 1 aromatic rings. The second-order valence-corrected chi connectivity index (χ2v) is 8.38. The van der Waals surface area contributed by atoms with E-state index >= 15 is 0 Å². The summed E-state index contributed by atoms with van der Waals surface area (Å²) < 4.78 is 39.1. The average molecular weight is 433 g/mol. The highest BCUT2D eigenvalue weighted by Gasteiger charge is 2.39. The molecule has 2 fully saturated rings. The van der Waals surface area contributed by atoms with Crippen LogP contribution in [-0.2, 0) is 9.47 Å². The minimum Gasteiger partial charge on any atom is -0.453 e. The second kappa shape index (κ2) is 9.68. The first-order chi connectivity index (χ1) is 14.7. The number of carbonyl (C=O) groups is 1. The molecule has 168 valence electrons. The van der Waals surface area contributed by atoms with Crippen LogP contribution >= 0.6 is 0 Å². The summed E-state index contributed by atoms with van der Waals surface area (Å²) in [6, 6.07) is 3.51. The van der Waals surface area contributed by atoms with Gasteiger partial charge in [0.2, 0.25) is 0 Å². The lowest BCUT2D eigenvalue weighted by atomic mass is 9.70.